The Morgan fingerprint density at radius 3 is 2.65 bits per heavy atom. The fourth-order valence-electron chi connectivity index (χ4n) is 2.40. The molecule has 23 heavy (non-hydrogen) atoms. The summed E-state index contributed by atoms with van der Waals surface area (Å²) in [6, 6.07) is 7.84. The molecule has 1 aromatic carbocycles. The molecular weight excluding hydrogens is 334 g/mol. The van der Waals surface area contributed by atoms with Crippen LogP contribution in [0.5, 0.6) is 0 Å². The van der Waals surface area contributed by atoms with Gasteiger partial charge in [0.05, 0.1) is 5.92 Å². The van der Waals surface area contributed by atoms with Crippen LogP contribution in [0, 0.1) is 11.8 Å². The fraction of sp³-hybridized carbons (Fsp3) is 0.500. The maximum Gasteiger partial charge on any atom is 0.227 e. The summed E-state index contributed by atoms with van der Waals surface area (Å²) in [6.07, 6.45) is 2.28. The predicted octanol–water partition coefficient (Wildman–Crippen LogP) is 1.89. The summed E-state index contributed by atoms with van der Waals surface area (Å²) in [7, 11) is 0. The van der Waals surface area contributed by atoms with Gasteiger partial charge in [-0.05, 0) is 43.0 Å². The molecule has 1 saturated heterocycles. The largest absolute Gasteiger partial charge is 0.355 e. The number of carbonyl (C=O) groups excluding carboxylic acids is 2. The average Bonchev–Trinajstić information content (AvgIpc) is 2.94. The molecule has 2 rings (SSSR count). The van der Waals surface area contributed by atoms with Gasteiger partial charge in [0.25, 0.3) is 0 Å². The molecular formula is C16H24ClN3O2S. The van der Waals surface area contributed by atoms with Crippen LogP contribution in [0.25, 0.3) is 0 Å². The van der Waals surface area contributed by atoms with Gasteiger partial charge in [0.15, 0.2) is 0 Å². The summed E-state index contributed by atoms with van der Waals surface area (Å²) in [6.45, 7) is 3.53. The molecule has 3 N–H and O–H groups in total. The summed E-state index contributed by atoms with van der Waals surface area (Å²) in [5.41, 5.74) is 6.40. The van der Waals surface area contributed by atoms with Crippen LogP contribution in [0.15, 0.2) is 29.2 Å². The smallest absolute Gasteiger partial charge is 0.227 e. The normalized spacial score (nSPS) is 18.5. The molecule has 0 bridgehead atoms. The maximum absolute atomic E-state index is 12.2. The second-order valence-corrected chi connectivity index (χ2v) is 6.57. The predicted molar refractivity (Wildman–Crippen MR) is 97.2 cm³/mol. The lowest BCUT2D eigenvalue weighted by Gasteiger charge is -2.17. The van der Waals surface area contributed by atoms with Gasteiger partial charge in [-0.1, -0.05) is 6.92 Å². The van der Waals surface area contributed by atoms with Gasteiger partial charge < -0.3 is 16.0 Å². The molecule has 0 aliphatic carbocycles. The first kappa shape index (κ1) is 19.8. The van der Waals surface area contributed by atoms with Crippen LogP contribution in [-0.2, 0) is 9.59 Å². The Kier molecular flexibility index (Phi) is 7.88. The van der Waals surface area contributed by atoms with E-state index < -0.39 is 0 Å². The molecule has 0 saturated carbocycles. The van der Waals surface area contributed by atoms with E-state index in [1.807, 2.05) is 37.4 Å². The summed E-state index contributed by atoms with van der Waals surface area (Å²) in [4.78, 5) is 27.2. The molecule has 1 aliphatic rings. The zero-order valence-electron chi connectivity index (χ0n) is 13.5. The summed E-state index contributed by atoms with van der Waals surface area (Å²) < 4.78 is 0. The lowest BCUT2D eigenvalue weighted by molar-refractivity contribution is -0.126. The minimum atomic E-state index is -0.280. The summed E-state index contributed by atoms with van der Waals surface area (Å²) in [5, 5.41) is 2.88. The third-order valence-electron chi connectivity index (χ3n) is 3.91. The monoisotopic (exact) mass is 357 g/mol. The van der Waals surface area contributed by atoms with E-state index in [1.165, 1.54) is 0 Å². The van der Waals surface area contributed by atoms with E-state index >= 15 is 0 Å². The van der Waals surface area contributed by atoms with Crippen molar-refractivity contribution in [2.75, 3.05) is 30.8 Å². The molecule has 5 nitrogen and oxygen atoms in total. The van der Waals surface area contributed by atoms with Crippen LogP contribution < -0.4 is 16.0 Å². The molecule has 128 valence electrons. The van der Waals surface area contributed by atoms with Crippen molar-refractivity contribution in [2.45, 2.75) is 18.2 Å². The Balaban J connectivity index is 0.00000264. The number of thioether (sulfide) groups is 1. The number of hydrogen-bond acceptors (Lipinski definition) is 4. The number of nitrogens with zero attached hydrogens (tertiary/aromatic N) is 1. The number of rotatable bonds is 6. The van der Waals surface area contributed by atoms with Crippen molar-refractivity contribution in [1.29, 1.82) is 0 Å². The van der Waals surface area contributed by atoms with Crippen molar-refractivity contribution in [2.24, 2.45) is 17.6 Å². The van der Waals surface area contributed by atoms with Gasteiger partial charge in [-0.3, -0.25) is 9.59 Å². The quantitative estimate of drug-likeness (QED) is 0.762. The topological polar surface area (TPSA) is 75.4 Å². The summed E-state index contributed by atoms with van der Waals surface area (Å²) in [5.74, 6) is -0.0882. The number of hydrogen-bond donors (Lipinski definition) is 2. The highest BCUT2D eigenvalue weighted by atomic mass is 35.5. The zero-order chi connectivity index (χ0) is 16.1. The average molecular weight is 358 g/mol. The van der Waals surface area contributed by atoms with Crippen molar-refractivity contribution in [3.63, 3.8) is 0 Å². The molecule has 0 aromatic heterocycles. The third-order valence-corrected chi connectivity index (χ3v) is 4.65. The van der Waals surface area contributed by atoms with Crippen LogP contribution >= 0.6 is 24.2 Å². The van der Waals surface area contributed by atoms with Crippen molar-refractivity contribution >= 4 is 41.7 Å². The standard InChI is InChI=1S/C16H23N3O2S.ClH/c1-11(8-17)9-18-16(21)12-7-15(20)19(10-12)13-3-5-14(22-2)6-4-13;/h3-6,11-12H,7-10,17H2,1-2H3,(H,18,21);1H. The van der Waals surface area contributed by atoms with Gasteiger partial charge in [-0.25, -0.2) is 0 Å². The highest BCUT2D eigenvalue weighted by molar-refractivity contribution is 7.98. The molecule has 1 fully saturated rings. The number of halogens is 1. The van der Waals surface area contributed by atoms with Crippen molar-refractivity contribution in [1.82, 2.24) is 5.32 Å². The molecule has 0 spiro atoms. The molecule has 1 aliphatic heterocycles. The van der Waals surface area contributed by atoms with E-state index in [0.717, 1.165) is 10.6 Å². The Bertz CT molecular complexity index is 539. The highest BCUT2D eigenvalue weighted by Gasteiger charge is 2.35. The van der Waals surface area contributed by atoms with Gasteiger partial charge >= 0.3 is 0 Å². The molecule has 2 amide bonds. The Morgan fingerprint density at radius 2 is 2.09 bits per heavy atom. The Hall–Kier alpha value is -1.24. The second kappa shape index (κ2) is 9.15. The molecule has 7 heteroatoms. The van der Waals surface area contributed by atoms with Gasteiger partial charge in [-0.2, -0.15) is 0 Å². The van der Waals surface area contributed by atoms with E-state index in [-0.39, 0.29) is 42.5 Å². The Morgan fingerprint density at radius 1 is 1.43 bits per heavy atom. The zero-order valence-corrected chi connectivity index (χ0v) is 15.1. The molecule has 1 aromatic rings. The van der Waals surface area contributed by atoms with Crippen LogP contribution in [0.2, 0.25) is 0 Å². The summed E-state index contributed by atoms with van der Waals surface area (Å²) >= 11 is 1.66. The first-order valence-corrected chi connectivity index (χ1v) is 8.69. The maximum atomic E-state index is 12.2. The molecule has 2 unspecified atom stereocenters. The fourth-order valence-corrected chi connectivity index (χ4v) is 2.81. The van der Waals surface area contributed by atoms with E-state index in [9.17, 15) is 9.59 Å². The number of amides is 2. The van der Waals surface area contributed by atoms with E-state index in [0.29, 0.717) is 19.6 Å². The first-order chi connectivity index (χ1) is 10.5. The van der Waals surface area contributed by atoms with Crippen LogP contribution in [0.3, 0.4) is 0 Å². The SMILES string of the molecule is CSc1ccc(N2CC(C(=O)NCC(C)CN)CC2=O)cc1.Cl. The lowest BCUT2D eigenvalue weighted by Crippen LogP contribution is -2.36. The highest BCUT2D eigenvalue weighted by Crippen LogP contribution is 2.27. The van der Waals surface area contributed by atoms with Gasteiger partial charge in [0, 0.05) is 30.1 Å². The minimum absolute atomic E-state index is 0. The van der Waals surface area contributed by atoms with Crippen molar-refractivity contribution < 1.29 is 9.59 Å². The Labute approximate surface area is 147 Å². The second-order valence-electron chi connectivity index (χ2n) is 5.69. The lowest BCUT2D eigenvalue weighted by atomic mass is 10.1. The first-order valence-electron chi connectivity index (χ1n) is 7.47. The number of carbonyl (C=O) groups is 2. The number of nitrogens with one attached hydrogen (secondary N) is 1. The number of anilines is 1. The van der Waals surface area contributed by atoms with E-state index in [4.69, 9.17) is 5.73 Å². The number of nitrogens with two attached hydrogens (primary N) is 1. The van der Waals surface area contributed by atoms with E-state index in [2.05, 4.69) is 5.32 Å². The third kappa shape index (κ3) is 5.12. The molecule has 2 atom stereocenters. The van der Waals surface area contributed by atoms with Crippen LogP contribution in [-0.4, -0.2) is 37.7 Å². The molecule has 1 heterocycles. The minimum Gasteiger partial charge on any atom is -0.355 e. The van der Waals surface area contributed by atoms with Crippen LogP contribution in [0.4, 0.5) is 5.69 Å². The van der Waals surface area contributed by atoms with Crippen molar-refractivity contribution in [3.8, 4) is 0 Å². The molecule has 0 radical (unpaired) electrons. The van der Waals surface area contributed by atoms with Gasteiger partial charge in [-0.15, -0.1) is 24.2 Å². The van der Waals surface area contributed by atoms with Crippen molar-refractivity contribution in [3.05, 3.63) is 24.3 Å². The number of benzene rings is 1. The van der Waals surface area contributed by atoms with Gasteiger partial charge in [0.2, 0.25) is 11.8 Å². The van der Waals surface area contributed by atoms with Crippen LogP contribution in [0.1, 0.15) is 13.3 Å². The van der Waals surface area contributed by atoms with E-state index in [1.54, 1.807) is 16.7 Å². The van der Waals surface area contributed by atoms with Gasteiger partial charge in [0.1, 0.15) is 0 Å².